The summed E-state index contributed by atoms with van der Waals surface area (Å²) in [5.41, 5.74) is 0.681. The molecule has 7 nitrogen and oxygen atoms in total. The summed E-state index contributed by atoms with van der Waals surface area (Å²) in [5.74, 6) is 0.592. The maximum Gasteiger partial charge on any atom is 0.409 e. The summed E-state index contributed by atoms with van der Waals surface area (Å²) in [5, 5.41) is 0. The SMILES string of the molecule is CCCc1cc(=O)[nH]c(N2CCN(C(=O)OCC)CC2)n1. The number of ether oxygens (including phenoxy) is 1. The molecule has 0 bridgehead atoms. The van der Waals surface area contributed by atoms with Gasteiger partial charge in [-0.15, -0.1) is 0 Å². The van der Waals surface area contributed by atoms with Crippen LogP contribution in [0.15, 0.2) is 10.9 Å². The number of rotatable bonds is 4. The summed E-state index contributed by atoms with van der Waals surface area (Å²) in [6.07, 6.45) is 1.46. The van der Waals surface area contributed by atoms with Gasteiger partial charge in [0, 0.05) is 37.9 Å². The number of hydrogen-bond donors (Lipinski definition) is 1. The molecule has 1 aromatic rings. The van der Waals surface area contributed by atoms with Gasteiger partial charge in [-0.3, -0.25) is 9.78 Å². The molecule has 1 N–H and O–H groups in total. The molecule has 0 saturated carbocycles. The number of piperazine rings is 1. The number of carbonyl (C=O) groups excluding carboxylic acids is 1. The molecule has 7 heteroatoms. The van der Waals surface area contributed by atoms with Crippen molar-refractivity contribution in [3.8, 4) is 0 Å². The Bertz CT molecular complexity index is 535. The quantitative estimate of drug-likeness (QED) is 0.896. The number of anilines is 1. The van der Waals surface area contributed by atoms with Crippen molar-refractivity contribution in [3.05, 3.63) is 22.1 Å². The molecule has 0 radical (unpaired) electrons. The molecule has 1 saturated heterocycles. The molecule has 116 valence electrons. The van der Waals surface area contributed by atoms with Crippen molar-refractivity contribution in [2.45, 2.75) is 26.7 Å². The van der Waals surface area contributed by atoms with Crippen molar-refractivity contribution < 1.29 is 9.53 Å². The van der Waals surface area contributed by atoms with Crippen LogP contribution in [0.2, 0.25) is 0 Å². The Morgan fingerprint density at radius 1 is 1.33 bits per heavy atom. The largest absolute Gasteiger partial charge is 0.450 e. The smallest absolute Gasteiger partial charge is 0.409 e. The zero-order chi connectivity index (χ0) is 15.2. The molecular formula is C14H22N4O3. The third-order valence-electron chi connectivity index (χ3n) is 3.39. The Hall–Kier alpha value is -2.05. The predicted octanol–water partition coefficient (Wildman–Crippen LogP) is 1.00. The number of amides is 1. The van der Waals surface area contributed by atoms with Gasteiger partial charge in [0.15, 0.2) is 0 Å². The molecule has 0 aliphatic carbocycles. The first-order valence-corrected chi connectivity index (χ1v) is 7.41. The zero-order valence-electron chi connectivity index (χ0n) is 12.6. The lowest BCUT2D eigenvalue weighted by Gasteiger charge is -2.34. The normalized spacial score (nSPS) is 15.1. The van der Waals surface area contributed by atoms with E-state index in [4.69, 9.17) is 4.74 Å². The summed E-state index contributed by atoms with van der Waals surface area (Å²) < 4.78 is 4.99. The van der Waals surface area contributed by atoms with Crippen molar-refractivity contribution in [3.63, 3.8) is 0 Å². The maximum atomic E-state index is 11.7. The summed E-state index contributed by atoms with van der Waals surface area (Å²) in [6.45, 7) is 6.64. The lowest BCUT2D eigenvalue weighted by molar-refractivity contribution is 0.105. The predicted molar refractivity (Wildman–Crippen MR) is 79.7 cm³/mol. The van der Waals surface area contributed by atoms with Gasteiger partial charge in [0.2, 0.25) is 5.95 Å². The van der Waals surface area contributed by atoms with Crippen LogP contribution in [0.4, 0.5) is 10.7 Å². The Morgan fingerprint density at radius 3 is 2.67 bits per heavy atom. The molecule has 21 heavy (non-hydrogen) atoms. The Kier molecular flexibility index (Phi) is 5.19. The molecule has 1 aromatic heterocycles. The van der Waals surface area contributed by atoms with E-state index in [0.29, 0.717) is 38.7 Å². The highest BCUT2D eigenvalue weighted by atomic mass is 16.6. The Morgan fingerprint density at radius 2 is 2.05 bits per heavy atom. The lowest BCUT2D eigenvalue weighted by Crippen LogP contribution is -2.49. The summed E-state index contributed by atoms with van der Waals surface area (Å²) in [6, 6.07) is 1.54. The minimum absolute atomic E-state index is 0.128. The molecule has 0 aromatic carbocycles. The average molecular weight is 294 g/mol. The van der Waals surface area contributed by atoms with Gasteiger partial charge in [-0.25, -0.2) is 9.78 Å². The average Bonchev–Trinajstić information content (AvgIpc) is 2.47. The van der Waals surface area contributed by atoms with Gasteiger partial charge >= 0.3 is 6.09 Å². The highest BCUT2D eigenvalue weighted by molar-refractivity contribution is 5.68. The van der Waals surface area contributed by atoms with Crippen LogP contribution in [0.1, 0.15) is 26.0 Å². The number of aromatic amines is 1. The number of nitrogens with zero attached hydrogens (tertiary/aromatic N) is 3. The van der Waals surface area contributed by atoms with E-state index in [-0.39, 0.29) is 11.7 Å². The van der Waals surface area contributed by atoms with Crippen LogP contribution in [-0.2, 0) is 11.2 Å². The van der Waals surface area contributed by atoms with E-state index in [1.54, 1.807) is 17.9 Å². The van der Waals surface area contributed by atoms with E-state index in [1.807, 2.05) is 4.90 Å². The molecule has 2 heterocycles. The van der Waals surface area contributed by atoms with Crippen LogP contribution in [0.3, 0.4) is 0 Å². The Balaban J connectivity index is 2.02. The molecule has 0 unspecified atom stereocenters. The number of H-pyrrole nitrogens is 1. The van der Waals surface area contributed by atoms with Gasteiger partial charge in [0.05, 0.1) is 6.61 Å². The van der Waals surface area contributed by atoms with Crippen molar-refractivity contribution in [2.75, 3.05) is 37.7 Å². The van der Waals surface area contributed by atoms with Crippen LogP contribution < -0.4 is 10.5 Å². The van der Waals surface area contributed by atoms with Crippen LogP contribution in [0.25, 0.3) is 0 Å². The summed E-state index contributed by atoms with van der Waals surface area (Å²) in [7, 11) is 0. The number of nitrogens with one attached hydrogen (secondary N) is 1. The third kappa shape index (κ3) is 3.96. The zero-order valence-corrected chi connectivity index (χ0v) is 12.6. The van der Waals surface area contributed by atoms with Gasteiger partial charge in [0.25, 0.3) is 5.56 Å². The second kappa shape index (κ2) is 7.10. The summed E-state index contributed by atoms with van der Waals surface area (Å²) in [4.78, 5) is 34.3. The van der Waals surface area contributed by atoms with Gasteiger partial charge < -0.3 is 14.5 Å². The fourth-order valence-corrected chi connectivity index (χ4v) is 2.34. The first-order chi connectivity index (χ1) is 10.1. The number of aromatic nitrogens is 2. The van der Waals surface area contributed by atoms with Gasteiger partial charge in [-0.1, -0.05) is 13.3 Å². The fraction of sp³-hybridized carbons (Fsp3) is 0.643. The maximum absolute atomic E-state index is 11.7. The number of carbonyl (C=O) groups is 1. The van der Waals surface area contributed by atoms with Gasteiger partial charge in [-0.2, -0.15) is 0 Å². The topological polar surface area (TPSA) is 78.5 Å². The minimum atomic E-state index is -0.279. The van der Waals surface area contributed by atoms with E-state index in [9.17, 15) is 9.59 Å². The standard InChI is InChI=1S/C14H22N4O3/c1-3-5-11-10-12(19)16-13(15-11)17-6-8-18(9-7-17)14(20)21-4-2/h10H,3-9H2,1-2H3,(H,15,16,19). The van der Waals surface area contributed by atoms with Crippen LogP contribution in [0, 0.1) is 0 Å². The van der Waals surface area contributed by atoms with Crippen LogP contribution >= 0.6 is 0 Å². The van der Waals surface area contributed by atoms with E-state index >= 15 is 0 Å². The van der Waals surface area contributed by atoms with Gasteiger partial charge in [0.1, 0.15) is 0 Å². The molecule has 1 fully saturated rings. The number of hydrogen-bond acceptors (Lipinski definition) is 5. The molecule has 1 aliphatic heterocycles. The van der Waals surface area contributed by atoms with Crippen LogP contribution in [-0.4, -0.2) is 53.7 Å². The van der Waals surface area contributed by atoms with E-state index in [2.05, 4.69) is 16.9 Å². The van der Waals surface area contributed by atoms with Gasteiger partial charge in [-0.05, 0) is 13.3 Å². The van der Waals surface area contributed by atoms with Crippen molar-refractivity contribution in [1.82, 2.24) is 14.9 Å². The monoisotopic (exact) mass is 294 g/mol. The second-order valence-electron chi connectivity index (χ2n) is 4.98. The first kappa shape index (κ1) is 15.3. The Labute approximate surface area is 123 Å². The van der Waals surface area contributed by atoms with E-state index in [1.165, 1.54) is 0 Å². The molecule has 0 spiro atoms. The number of aryl methyl sites for hydroxylation is 1. The molecule has 1 amide bonds. The summed E-state index contributed by atoms with van der Waals surface area (Å²) >= 11 is 0. The molecule has 1 aliphatic rings. The van der Waals surface area contributed by atoms with Crippen molar-refractivity contribution in [1.29, 1.82) is 0 Å². The first-order valence-electron chi connectivity index (χ1n) is 7.41. The third-order valence-corrected chi connectivity index (χ3v) is 3.39. The fourth-order valence-electron chi connectivity index (χ4n) is 2.34. The lowest BCUT2D eigenvalue weighted by atomic mass is 10.2. The van der Waals surface area contributed by atoms with Crippen LogP contribution in [0.5, 0.6) is 0 Å². The minimum Gasteiger partial charge on any atom is -0.450 e. The van der Waals surface area contributed by atoms with Crippen molar-refractivity contribution >= 4 is 12.0 Å². The molecular weight excluding hydrogens is 272 g/mol. The van der Waals surface area contributed by atoms with E-state index < -0.39 is 0 Å². The highest BCUT2D eigenvalue weighted by Gasteiger charge is 2.23. The molecule has 2 rings (SSSR count). The van der Waals surface area contributed by atoms with E-state index in [0.717, 1.165) is 18.5 Å². The second-order valence-corrected chi connectivity index (χ2v) is 4.98. The molecule has 0 atom stereocenters. The van der Waals surface area contributed by atoms with Crippen molar-refractivity contribution in [2.24, 2.45) is 0 Å². The highest BCUT2D eigenvalue weighted by Crippen LogP contribution is 2.11.